The maximum absolute atomic E-state index is 12.2. The Bertz CT molecular complexity index is 1360. The molecule has 0 N–H and O–H groups in total. The lowest BCUT2D eigenvalue weighted by atomic mass is 10.0. The van der Waals surface area contributed by atoms with Crippen molar-refractivity contribution in [3.63, 3.8) is 0 Å². The zero-order chi connectivity index (χ0) is 18.5. The van der Waals surface area contributed by atoms with E-state index in [0.29, 0.717) is 33.3 Å². The molecule has 5 aromatic rings. The van der Waals surface area contributed by atoms with Gasteiger partial charge in [0.25, 0.3) is 0 Å². The Hall–Kier alpha value is -3.24. The second-order valence-electron chi connectivity index (χ2n) is 6.40. The first-order valence-electron chi connectivity index (χ1n) is 8.41. The molecule has 27 heavy (non-hydrogen) atoms. The summed E-state index contributed by atoms with van der Waals surface area (Å²) in [6.45, 7) is 1.99. The molecule has 0 unspecified atom stereocenters. The summed E-state index contributed by atoms with van der Waals surface area (Å²) in [5.74, 6) is 1.19. The molecule has 0 amide bonds. The van der Waals surface area contributed by atoms with Crippen molar-refractivity contribution < 1.29 is 13.3 Å². The lowest BCUT2D eigenvalue weighted by Gasteiger charge is -2.06. The van der Waals surface area contributed by atoms with Crippen molar-refractivity contribution in [3.05, 3.63) is 81.9 Å². The van der Waals surface area contributed by atoms with Crippen LogP contribution < -0.4 is 5.63 Å². The Kier molecular flexibility index (Phi) is 3.49. The average molecular weight is 377 g/mol. The Balaban J connectivity index is 1.95. The Morgan fingerprint density at radius 2 is 1.70 bits per heavy atom. The molecule has 3 heterocycles. The first-order valence-corrected chi connectivity index (χ1v) is 8.79. The van der Waals surface area contributed by atoms with Crippen molar-refractivity contribution >= 4 is 33.5 Å². The van der Waals surface area contributed by atoms with Crippen LogP contribution in [0.25, 0.3) is 44.6 Å². The van der Waals surface area contributed by atoms with E-state index in [2.05, 4.69) is 0 Å². The smallest absolute Gasteiger partial charge is 0.336 e. The van der Waals surface area contributed by atoms with E-state index in [9.17, 15) is 4.79 Å². The van der Waals surface area contributed by atoms with Gasteiger partial charge in [-0.3, -0.25) is 0 Å². The molecule has 0 aliphatic carbocycles. The van der Waals surface area contributed by atoms with Gasteiger partial charge in [-0.05, 0) is 49.4 Å². The number of rotatable bonds is 2. The number of hydrogen-bond donors (Lipinski definition) is 0. The minimum absolute atomic E-state index is 0.440. The van der Waals surface area contributed by atoms with Crippen molar-refractivity contribution in [1.29, 1.82) is 0 Å². The van der Waals surface area contributed by atoms with Crippen LogP contribution in [0.5, 0.6) is 0 Å². The summed E-state index contributed by atoms with van der Waals surface area (Å²) >= 11 is 6.21. The third-order valence-corrected chi connectivity index (χ3v) is 4.80. The summed E-state index contributed by atoms with van der Waals surface area (Å²) < 4.78 is 17.2. The van der Waals surface area contributed by atoms with Gasteiger partial charge in [0, 0.05) is 27.4 Å². The maximum atomic E-state index is 12.2. The van der Waals surface area contributed by atoms with Crippen LogP contribution in [-0.2, 0) is 0 Å². The molecular formula is C22H13ClO4. The van der Waals surface area contributed by atoms with Gasteiger partial charge in [0.2, 0.25) is 0 Å². The van der Waals surface area contributed by atoms with Gasteiger partial charge in [0.15, 0.2) is 0 Å². The number of hydrogen-bond acceptors (Lipinski definition) is 4. The highest BCUT2D eigenvalue weighted by atomic mass is 35.5. The largest absolute Gasteiger partial charge is 0.464 e. The SMILES string of the molecule is Cc1ccc2oc(=O)cc(-c3oc4ccc(Cl)cc4c3-c3ccco3)c2c1. The summed E-state index contributed by atoms with van der Waals surface area (Å²) in [4.78, 5) is 12.2. The Morgan fingerprint density at radius 3 is 2.52 bits per heavy atom. The number of aryl methyl sites for hydroxylation is 1. The molecule has 132 valence electrons. The summed E-state index contributed by atoms with van der Waals surface area (Å²) in [7, 11) is 0. The molecule has 0 aliphatic heterocycles. The molecule has 2 aromatic carbocycles. The number of halogens is 1. The predicted molar refractivity (Wildman–Crippen MR) is 105 cm³/mol. The van der Waals surface area contributed by atoms with Crippen molar-refractivity contribution in [2.45, 2.75) is 6.92 Å². The van der Waals surface area contributed by atoms with Crippen LogP contribution in [0.2, 0.25) is 5.02 Å². The highest BCUT2D eigenvalue weighted by Gasteiger charge is 2.22. The minimum Gasteiger partial charge on any atom is -0.464 e. The van der Waals surface area contributed by atoms with Crippen molar-refractivity contribution in [2.75, 3.05) is 0 Å². The number of fused-ring (bicyclic) bond motifs is 2. The van der Waals surface area contributed by atoms with E-state index in [1.807, 2.05) is 43.3 Å². The van der Waals surface area contributed by atoms with Crippen molar-refractivity contribution in [1.82, 2.24) is 0 Å². The van der Waals surface area contributed by atoms with E-state index in [-0.39, 0.29) is 0 Å². The van der Waals surface area contributed by atoms with Crippen molar-refractivity contribution in [2.24, 2.45) is 0 Å². The van der Waals surface area contributed by atoms with Gasteiger partial charge in [-0.1, -0.05) is 23.2 Å². The van der Waals surface area contributed by atoms with Gasteiger partial charge in [-0.25, -0.2) is 4.79 Å². The highest BCUT2D eigenvalue weighted by molar-refractivity contribution is 6.31. The first-order chi connectivity index (χ1) is 13.1. The Labute approximate surface area is 158 Å². The quantitative estimate of drug-likeness (QED) is 0.333. The lowest BCUT2D eigenvalue weighted by molar-refractivity contribution is 0.559. The molecule has 0 bridgehead atoms. The molecule has 3 aromatic heterocycles. The predicted octanol–water partition coefficient (Wildman–Crippen LogP) is 6.43. The van der Waals surface area contributed by atoms with Crippen LogP contribution >= 0.6 is 11.6 Å². The third-order valence-electron chi connectivity index (χ3n) is 4.56. The first kappa shape index (κ1) is 16.0. The summed E-state index contributed by atoms with van der Waals surface area (Å²) in [6.07, 6.45) is 1.60. The van der Waals surface area contributed by atoms with Gasteiger partial charge < -0.3 is 13.3 Å². The summed E-state index contributed by atoms with van der Waals surface area (Å²) in [5, 5.41) is 2.21. The summed E-state index contributed by atoms with van der Waals surface area (Å²) in [6, 6.07) is 16.2. The zero-order valence-electron chi connectivity index (χ0n) is 14.3. The summed E-state index contributed by atoms with van der Waals surface area (Å²) in [5.41, 5.74) is 3.19. The van der Waals surface area contributed by atoms with Gasteiger partial charge in [-0.15, -0.1) is 0 Å². The highest BCUT2D eigenvalue weighted by Crippen LogP contribution is 2.43. The standard InChI is InChI=1S/C22H13ClO4/c1-12-4-6-17-14(9-12)15(11-20(24)26-17)22-21(19-3-2-8-25-19)16-10-13(23)5-7-18(16)27-22/h2-11H,1H3. The topological polar surface area (TPSA) is 56.5 Å². The molecule has 5 rings (SSSR count). The van der Waals surface area contributed by atoms with Crippen molar-refractivity contribution in [3.8, 4) is 22.6 Å². The molecule has 0 atom stereocenters. The van der Waals surface area contributed by atoms with E-state index in [1.54, 1.807) is 18.4 Å². The fourth-order valence-electron chi connectivity index (χ4n) is 3.39. The average Bonchev–Trinajstić information content (AvgIpc) is 3.28. The lowest BCUT2D eigenvalue weighted by Crippen LogP contribution is -1.98. The Morgan fingerprint density at radius 1 is 0.889 bits per heavy atom. The molecule has 0 aliphatic rings. The van der Waals surface area contributed by atoms with Gasteiger partial charge in [0.1, 0.15) is 22.7 Å². The van der Waals surface area contributed by atoms with E-state index in [0.717, 1.165) is 21.9 Å². The number of benzene rings is 2. The fraction of sp³-hybridized carbons (Fsp3) is 0.0455. The minimum atomic E-state index is -0.440. The second-order valence-corrected chi connectivity index (χ2v) is 6.84. The maximum Gasteiger partial charge on any atom is 0.336 e. The molecule has 0 radical (unpaired) electrons. The molecule has 0 spiro atoms. The molecule has 4 nitrogen and oxygen atoms in total. The zero-order valence-corrected chi connectivity index (χ0v) is 15.0. The van der Waals surface area contributed by atoms with E-state index in [1.165, 1.54) is 6.07 Å². The third kappa shape index (κ3) is 2.57. The van der Waals surface area contributed by atoms with Gasteiger partial charge >= 0.3 is 5.63 Å². The van der Waals surface area contributed by atoms with Gasteiger partial charge in [-0.2, -0.15) is 0 Å². The van der Waals surface area contributed by atoms with Crippen LogP contribution in [0.3, 0.4) is 0 Å². The van der Waals surface area contributed by atoms with E-state index < -0.39 is 5.63 Å². The normalized spacial score (nSPS) is 11.5. The van der Waals surface area contributed by atoms with Crippen LogP contribution in [0.1, 0.15) is 5.56 Å². The van der Waals surface area contributed by atoms with Crippen LogP contribution in [-0.4, -0.2) is 0 Å². The molecule has 0 fully saturated rings. The van der Waals surface area contributed by atoms with Crippen LogP contribution in [0, 0.1) is 6.92 Å². The van der Waals surface area contributed by atoms with E-state index in [4.69, 9.17) is 24.9 Å². The fourth-order valence-corrected chi connectivity index (χ4v) is 3.56. The molecule has 5 heteroatoms. The molecule has 0 saturated heterocycles. The van der Waals surface area contributed by atoms with Gasteiger partial charge in [0.05, 0.1) is 11.8 Å². The van der Waals surface area contributed by atoms with Crippen LogP contribution in [0.4, 0.5) is 0 Å². The van der Waals surface area contributed by atoms with Crippen LogP contribution in [0.15, 0.2) is 78.9 Å². The second kappa shape index (κ2) is 5.89. The van der Waals surface area contributed by atoms with E-state index >= 15 is 0 Å². The molecular weight excluding hydrogens is 364 g/mol. The monoisotopic (exact) mass is 376 g/mol. The number of furan rings is 2. The molecule has 0 saturated carbocycles.